The molecule has 0 saturated carbocycles. The molecule has 0 unspecified atom stereocenters. The van der Waals surface area contributed by atoms with Gasteiger partial charge in [0.05, 0.1) is 11.6 Å². The number of aromatic nitrogens is 1. The normalized spacial score (nSPS) is 10.8. The monoisotopic (exact) mass is 205 g/mol. The van der Waals surface area contributed by atoms with Crippen LogP contribution in [0.2, 0.25) is 0 Å². The molecule has 4 heteroatoms. The third-order valence-corrected chi connectivity index (χ3v) is 2.07. The zero-order valence-corrected chi connectivity index (χ0v) is 8.99. The summed E-state index contributed by atoms with van der Waals surface area (Å²) in [7, 11) is 0. The van der Waals surface area contributed by atoms with Gasteiger partial charge in [0.1, 0.15) is 5.82 Å². The van der Waals surface area contributed by atoms with Gasteiger partial charge in [-0.15, -0.1) is 0 Å². The Hall–Kier alpha value is -1.60. The molecule has 0 aliphatic carbocycles. The van der Waals surface area contributed by atoms with Gasteiger partial charge in [-0.25, -0.2) is 4.98 Å². The quantitative estimate of drug-likeness (QED) is 0.779. The molecule has 0 aliphatic rings. The topological polar surface area (TPSA) is 68.9 Å². The zero-order chi connectivity index (χ0) is 11.3. The molecule has 2 N–H and O–H groups in total. The highest BCUT2D eigenvalue weighted by Gasteiger charge is 2.15. The van der Waals surface area contributed by atoms with E-state index in [4.69, 9.17) is 10.4 Å². The fourth-order valence-electron chi connectivity index (χ4n) is 0.982. The Bertz CT molecular complexity index is 368. The van der Waals surface area contributed by atoms with E-state index in [2.05, 4.69) is 10.3 Å². The molecule has 1 aromatic rings. The number of rotatable bonds is 4. The van der Waals surface area contributed by atoms with Crippen molar-refractivity contribution in [2.24, 2.45) is 5.41 Å². The number of hydrogen-bond acceptors (Lipinski definition) is 4. The Balaban J connectivity index is 2.62. The maximum absolute atomic E-state index is 9.06. The van der Waals surface area contributed by atoms with E-state index in [1.165, 1.54) is 0 Å². The van der Waals surface area contributed by atoms with E-state index < -0.39 is 0 Å². The number of nitrogens with zero attached hydrogens (tertiary/aromatic N) is 2. The lowest BCUT2D eigenvalue weighted by molar-refractivity contribution is 0.170. The van der Waals surface area contributed by atoms with E-state index in [1.54, 1.807) is 18.3 Å². The molecule has 0 aromatic carbocycles. The molecule has 0 aliphatic heterocycles. The first-order valence-electron chi connectivity index (χ1n) is 4.78. The van der Waals surface area contributed by atoms with Crippen molar-refractivity contribution in [1.82, 2.24) is 4.98 Å². The van der Waals surface area contributed by atoms with Crippen molar-refractivity contribution in [2.75, 3.05) is 18.5 Å². The minimum atomic E-state index is -0.190. The second-order valence-corrected chi connectivity index (χ2v) is 4.22. The second-order valence-electron chi connectivity index (χ2n) is 4.22. The van der Waals surface area contributed by atoms with Gasteiger partial charge in [-0.2, -0.15) is 5.26 Å². The third-order valence-electron chi connectivity index (χ3n) is 2.07. The van der Waals surface area contributed by atoms with Gasteiger partial charge < -0.3 is 10.4 Å². The minimum absolute atomic E-state index is 0.109. The summed E-state index contributed by atoms with van der Waals surface area (Å²) in [5, 5.41) is 20.8. The fourth-order valence-corrected chi connectivity index (χ4v) is 0.982. The summed E-state index contributed by atoms with van der Waals surface area (Å²) in [4.78, 5) is 4.08. The van der Waals surface area contributed by atoms with Crippen LogP contribution in [-0.4, -0.2) is 23.2 Å². The first-order chi connectivity index (χ1) is 7.07. The molecule has 0 spiro atoms. The predicted octanol–water partition coefficient (Wildman–Crippen LogP) is 1.38. The summed E-state index contributed by atoms with van der Waals surface area (Å²) >= 11 is 0. The molecule has 0 amide bonds. The van der Waals surface area contributed by atoms with E-state index in [0.29, 0.717) is 17.9 Å². The predicted molar refractivity (Wildman–Crippen MR) is 58.3 cm³/mol. The lowest BCUT2D eigenvalue weighted by atomic mass is 9.95. The largest absolute Gasteiger partial charge is 0.396 e. The highest BCUT2D eigenvalue weighted by atomic mass is 16.3. The van der Waals surface area contributed by atoms with Crippen LogP contribution in [0.15, 0.2) is 18.3 Å². The molecule has 0 radical (unpaired) electrons. The second kappa shape index (κ2) is 4.76. The van der Waals surface area contributed by atoms with Crippen LogP contribution in [0.4, 0.5) is 5.82 Å². The Morgan fingerprint density at radius 3 is 2.93 bits per heavy atom. The molecule has 4 nitrogen and oxygen atoms in total. The average Bonchev–Trinajstić information content (AvgIpc) is 2.27. The van der Waals surface area contributed by atoms with Gasteiger partial charge in [-0.1, -0.05) is 13.8 Å². The highest BCUT2D eigenvalue weighted by Crippen LogP contribution is 2.15. The number of nitrogens with one attached hydrogen (secondary N) is 1. The van der Waals surface area contributed by atoms with Crippen LogP contribution in [0.1, 0.15) is 19.4 Å². The van der Waals surface area contributed by atoms with Gasteiger partial charge in [-0.3, -0.25) is 0 Å². The minimum Gasteiger partial charge on any atom is -0.396 e. The van der Waals surface area contributed by atoms with Crippen LogP contribution < -0.4 is 5.32 Å². The van der Waals surface area contributed by atoms with Crippen molar-refractivity contribution in [3.05, 3.63) is 23.9 Å². The van der Waals surface area contributed by atoms with Crippen molar-refractivity contribution < 1.29 is 5.11 Å². The van der Waals surface area contributed by atoms with Gasteiger partial charge in [0.2, 0.25) is 0 Å². The van der Waals surface area contributed by atoms with Crippen molar-refractivity contribution in [3.8, 4) is 6.07 Å². The highest BCUT2D eigenvalue weighted by molar-refractivity contribution is 5.42. The first kappa shape index (κ1) is 11.5. The van der Waals surface area contributed by atoms with Crippen molar-refractivity contribution in [3.63, 3.8) is 0 Å². The van der Waals surface area contributed by atoms with Crippen molar-refractivity contribution in [1.29, 1.82) is 5.26 Å². The number of aliphatic hydroxyl groups is 1. The average molecular weight is 205 g/mol. The van der Waals surface area contributed by atoms with Crippen molar-refractivity contribution in [2.45, 2.75) is 13.8 Å². The summed E-state index contributed by atoms with van der Waals surface area (Å²) in [6.07, 6.45) is 1.59. The number of anilines is 1. The number of hydrogen-bond donors (Lipinski definition) is 2. The van der Waals surface area contributed by atoms with Gasteiger partial charge in [0.25, 0.3) is 0 Å². The molecule has 0 bridgehead atoms. The Morgan fingerprint density at radius 2 is 2.33 bits per heavy atom. The maximum atomic E-state index is 9.06. The zero-order valence-electron chi connectivity index (χ0n) is 8.99. The molecule has 1 heterocycles. The Morgan fingerprint density at radius 1 is 1.60 bits per heavy atom. The third kappa shape index (κ3) is 3.56. The molecule has 15 heavy (non-hydrogen) atoms. The van der Waals surface area contributed by atoms with E-state index >= 15 is 0 Å². The molecule has 0 fully saturated rings. The van der Waals surface area contributed by atoms with Crippen LogP contribution in [0.5, 0.6) is 0 Å². The summed E-state index contributed by atoms with van der Waals surface area (Å²) in [5.41, 5.74) is 0.388. The van der Waals surface area contributed by atoms with Crippen LogP contribution in [0.3, 0.4) is 0 Å². The molecule has 0 saturated heterocycles. The van der Waals surface area contributed by atoms with E-state index in [0.717, 1.165) is 0 Å². The molecule has 80 valence electrons. The SMILES string of the molecule is CC(C)(CO)CNc1cc(C#N)ccn1. The number of nitriles is 1. The van der Waals surface area contributed by atoms with Crippen LogP contribution in [-0.2, 0) is 0 Å². The molecular weight excluding hydrogens is 190 g/mol. The Kier molecular flexibility index (Phi) is 3.64. The summed E-state index contributed by atoms with van der Waals surface area (Å²) in [5.74, 6) is 0.663. The van der Waals surface area contributed by atoms with E-state index in [1.807, 2.05) is 19.9 Å². The fraction of sp³-hybridized carbons (Fsp3) is 0.455. The van der Waals surface area contributed by atoms with Gasteiger partial charge >= 0.3 is 0 Å². The van der Waals surface area contributed by atoms with Crippen LogP contribution in [0.25, 0.3) is 0 Å². The van der Waals surface area contributed by atoms with Gasteiger partial charge in [0, 0.05) is 24.8 Å². The van der Waals surface area contributed by atoms with Gasteiger partial charge in [-0.05, 0) is 12.1 Å². The van der Waals surface area contributed by atoms with E-state index in [-0.39, 0.29) is 12.0 Å². The van der Waals surface area contributed by atoms with Crippen molar-refractivity contribution >= 4 is 5.82 Å². The van der Waals surface area contributed by atoms with Gasteiger partial charge in [0.15, 0.2) is 0 Å². The molecule has 1 aromatic heterocycles. The molecule has 1 rings (SSSR count). The Labute approximate surface area is 89.6 Å². The lowest BCUT2D eigenvalue weighted by Crippen LogP contribution is -2.27. The smallest absolute Gasteiger partial charge is 0.127 e. The lowest BCUT2D eigenvalue weighted by Gasteiger charge is -2.22. The first-order valence-corrected chi connectivity index (χ1v) is 4.78. The molecule has 0 atom stereocenters. The number of aliphatic hydroxyl groups excluding tert-OH is 1. The number of pyridine rings is 1. The van der Waals surface area contributed by atoms with Crippen LogP contribution in [0, 0.1) is 16.7 Å². The standard InChI is InChI=1S/C11H15N3O/c1-11(2,8-15)7-14-10-5-9(6-12)3-4-13-10/h3-5,15H,7-8H2,1-2H3,(H,13,14). The van der Waals surface area contributed by atoms with Crippen LogP contribution >= 0.6 is 0 Å². The maximum Gasteiger partial charge on any atom is 0.127 e. The van der Waals surface area contributed by atoms with E-state index in [9.17, 15) is 0 Å². The summed E-state index contributed by atoms with van der Waals surface area (Å²) < 4.78 is 0. The molecular formula is C11H15N3O. The summed E-state index contributed by atoms with van der Waals surface area (Å²) in [6, 6.07) is 5.39. The summed E-state index contributed by atoms with van der Waals surface area (Å²) in [6.45, 7) is 4.63.